The molecule has 0 aromatic heterocycles. The normalized spacial score (nSPS) is 17.5. The van der Waals surface area contributed by atoms with Crippen molar-refractivity contribution in [1.82, 2.24) is 4.90 Å². The molecule has 0 aromatic rings. The van der Waals surface area contributed by atoms with Gasteiger partial charge < -0.3 is 65.0 Å². The minimum atomic E-state index is -1.54. The van der Waals surface area contributed by atoms with Crippen LogP contribution in [0.2, 0.25) is 0 Å². The third-order valence-corrected chi connectivity index (χ3v) is 7.21. The molecular weight excluding hydrogens is 594 g/mol. The topological polar surface area (TPSA) is 230 Å². The summed E-state index contributed by atoms with van der Waals surface area (Å²) in [5, 5.41) is 87.5. The Morgan fingerprint density at radius 1 is 0.711 bits per heavy atom. The fraction of sp³-hybridized carbons (Fsp3) is 0.968. The molecule has 272 valence electrons. The van der Waals surface area contributed by atoms with E-state index in [9.17, 15) is 35.4 Å². The average molecular weight is 660 g/mol. The van der Waals surface area contributed by atoms with Crippen molar-refractivity contribution in [1.29, 1.82) is 0 Å². The van der Waals surface area contributed by atoms with Crippen molar-refractivity contribution in [2.24, 2.45) is 5.92 Å². The number of carbonyl (C=O) groups excluding carboxylic acids is 1. The molecule has 45 heavy (non-hydrogen) atoms. The predicted octanol–water partition coefficient (Wildman–Crippen LogP) is -1.17. The molecule has 0 saturated heterocycles. The Labute approximate surface area is 269 Å². The summed E-state index contributed by atoms with van der Waals surface area (Å²) in [7, 11) is 0. The van der Waals surface area contributed by atoms with E-state index in [1.54, 1.807) is 0 Å². The van der Waals surface area contributed by atoms with Gasteiger partial charge in [0.1, 0.15) is 18.5 Å². The van der Waals surface area contributed by atoms with Gasteiger partial charge >= 0.3 is 0 Å². The van der Waals surface area contributed by atoms with E-state index in [-0.39, 0.29) is 77.5 Å². The quantitative estimate of drug-likeness (QED) is 0.0356. The predicted molar refractivity (Wildman–Crippen MR) is 169 cm³/mol. The lowest BCUT2D eigenvalue weighted by molar-refractivity contribution is -0.110. The standard InChI is InChI=1S/C25H53NO12.C6H12O/c1-18(4-9-27)37-12-7-25(2,3)38-15-14-36-13-8-26(16-21(32)23(34)19(30)5-10-28)17-22(33)24(35)20(31)6-11-29;1-3-4-6(2)5-7/h18-24,27-35H,4-17H2,1-3H3;5-6H,3-4H2,1-2H3. The molecule has 0 rings (SSSR count). The number of aliphatic hydroxyl groups is 9. The molecule has 0 radical (unpaired) electrons. The van der Waals surface area contributed by atoms with Gasteiger partial charge in [0, 0.05) is 52.0 Å². The second kappa shape index (κ2) is 28.2. The summed E-state index contributed by atoms with van der Waals surface area (Å²) in [4.78, 5) is 11.4. The van der Waals surface area contributed by atoms with E-state index >= 15 is 0 Å². The number of ether oxygens (including phenoxy) is 3. The maximum atomic E-state index is 10.4. The molecule has 0 aliphatic heterocycles. The zero-order chi connectivity index (χ0) is 34.8. The van der Waals surface area contributed by atoms with Crippen LogP contribution in [0.25, 0.3) is 0 Å². The van der Waals surface area contributed by atoms with Crippen LogP contribution in [-0.4, -0.2) is 171 Å². The van der Waals surface area contributed by atoms with E-state index in [1.807, 2.05) is 27.7 Å². The van der Waals surface area contributed by atoms with Crippen LogP contribution in [0.1, 0.15) is 73.1 Å². The van der Waals surface area contributed by atoms with Crippen LogP contribution in [0.15, 0.2) is 0 Å². The molecular formula is C31H65NO13. The van der Waals surface area contributed by atoms with Crippen molar-refractivity contribution in [2.45, 2.75) is 121 Å². The molecule has 0 aliphatic rings. The molecule has 9 N–H and O–H groups in total. The molecule has 0 bridgehead atoms. The zero-order valence-corrected chi connectivity index (χ0v) is 28.1. The summed E-state index contributed by atoms with van der Waals surface area (Å²) in [6, 6.07) is 0. The summed E-state index contributed by atoms with van der Waals surface area (Å²) in [6.45, 7) is 10.2. The third kappa shape index (κ3) is 24.9. The van der Waals surface area contributed by atoms with Crippen molar-refractivity contribution in [3.8, 4) is 0 Å². The number of hydrogen-bond donors (Lipinski definition) is 9. The number of rotatable bonds is 28. The van der Waals surface area contributed by atoms with Gasteiger partial charge in [-0.25, -0.2) is 0 Å². The van der Waals surface area contributed by atoms with E-state index in [2.05, 4.69) is 6.92 Å². The first-order valence-electron chi connectivity index (χ1n) is 16.1. The van der Waals surface area contributed by atoms with Gasteiger partial charge in [0.2, 0.25) is 0 Å². The maximum absolute atomic E-state index is 10.4. The van der Waals surface area contributed by atoms with E-state index in [0.717, 1.165) is 19.1 Å². The summed E-state index contributed by atoms with van der Waals surface area (Å²) < 4.78 is 17.1. The van der Waals surface area contributed by atoms with Crippen LogP contribution in [0, 0.1) is 5.92 Å². The van der Waals surface area contributed by atoms with Crippen LogP contribution < -0.4 is 0 Å². The van der Waals surface area contributed by atoms with Gasteiger partial charge in [0.15, 0.2) is 0 Å². The number of hydrogen-bond acceptors (Lipinski definition) is 14. The molecule has 0 aliphatic carbocycles. The molecule has 0 amide bonds. The Morgan fingerprint density at radius 2 is 1.22 bits per heavy atom. The smallest absolute Gasteiger partial charge is 0.122 e. The Kier molecular flexibility index (Phi) is 29.0. The largest absolute Gasteiger partial charge is 0.396 e. The Bertz CT molecular complexity index is 649. The summed E-state index contributed by atoms with van der Waals surface area (Å²) in [5.41, 5.74) is -0.445. The maximum Gasteiger partial charge on any atom is 0.122 e. The van der Waals surface area contributed by atoms with Crippen molar-refractivity contribution >= 4 is 6.29 Å². The minimum absolute atomic E-state index is 0.0303. The van der Waals surface area contributed by atoms with Crippen molar-refractivity contribution in [3.05, 3.63) is 0 Å². The molecule has 0 fully saturated rings. The molecule has 14 heteroatoms. The molecule has 0 heterocycles. The van der Waals surface area contributed by atoms with Gasteiger partial charge in [0.05, 0.1) is 55.9 Å². The minimum Gasteiger partial charge on any atom is -0.396 e. The fourth-order valence-electron chi connectivity index (χ4n) is 4.16. The second-order valence-corrected chi connectivity index (χ2v) is 12.1. The van der Waals surface area contributed by atoms with E-state index in [4.69, 9.17) is 29.5 Å². The molecule has 8 unspecified atom stereocenters. The van der Waals surface area contributed by atoms with Gasteiger partial charge in [-0.05, 0) is 52.9 Å². The third-order valence-electron chi connectivity index (χ3n) is 7.21. The highest BCUT2D eigenvalue weighted by Crippen LogP contribution is 2.15. The van der Waals surface area contributed by atoms with Gasteiger partial charge in [0.25, 0.3) is 0 Å². The highest BCUT2D eigenvalue weighted by Gasteiger charge is 2.30. The lowest BCUT2D eigenvalue weighted by atomic mass is 10.0. The number of aldehydes is 1. The Morgan fingerprint density at radius 3 is 1.64 bits per heavy atom. The van der Waals surface area contributed by atoms with Crippen molar-refractivity contribution < 1.29 is 65.0 Å². The van der Waals surface area contributed by atoms with Crippen LogP contribution in [0.4, 0.5) is 0 Å². The van der Waals surface area contributed by atoms with E-state index in [0.29, 0.717) is 26.1 Å². The van der Waals surface area contributed by atoms with Crippen LogP contribution in [-0.2, 0) is 19.0 Å². The first kappa shape index (κ1) is 46.3. The molecule has 0 aromatic carbocycles. The van der Waals surface area contributed by atoms with E-state index < -0.39 is 42.2 Å². The summed E-state index contributed by atoms with van der Waals surface area (Å²) >= 11 is 0. The van der Waals surface area contributed by atoms with Crippen molar-refractivity contribution in [3.63, 3.8) is 0 Å². The SMILES string of the molecule is CC(CCO)OCCC(C)(C)OCCOCCN(CC(O)C(O)C(O)CCO)CC(O)C(O)C(O)CCO.CCCC(C)C=O. The first-order chi connectivity index (χ1) is 21.2. The molecule has 0 spiro atoms. The number of carbonyl (C=O) groups is 1. The van der Waals surface area contributed by atoms with Crippen LogP contribution >= 0.6 is 0 Å². The fourth-order valence-corrected chi connectivity index (χ4v) is 4.16. The van der Waals surface area contributed by atoms with Crippen molar-refractivity contribution in [2.75, 3.05) is 65.9 Å². The number of aliphatic hydroxyl groups excluding tert-OH is 9. The highest BCUT2D eigenvalue weighted by atomic mass is 16.5. The molecule has 8 atom stereocenters. The summed E-state index contributed by atoms with van der Waals surface area (Å²) in [6.07, 6.45) is -4.53. The van der Waals surface area contributed by atoms with Gasteiger partial charge in [-0.1, -0.05) is 20.3 Å². The lowest BCUT2D eigenvalue weighted by Gasteiger charge is -2.32. The molecule has 14 nitrogen and oxygen atoms in total. The lowest BCUT2D eigenvalue weighted by Crippen LogP contribution is -2.50. The monoisotopic (exact) mass is 659 g/mol. The van der Waals surface area contributed by atoms with Gasteiger partial charge in [-0.15, -0.1) is 0 Å². The van der Waals surface area contributed by atoms with E-state index in [1.165, 1.54) is 4.90 Å². The molecule has 0 saturated carbocycles. The average Bonchev–Trinajstić information content (AvgIpc) is 2.98. The second-order valence-electron chi connectivity index (χ2n) is 12.1. The van der Waals surface area contributed by atoms with Gasteiger partial charge in [-0.3, -0.25) is 4.90 Å². The Balaban J connectivity index is 0. The van der Waals surface area contributed by atoms with Gasteiger partial charge in [-0.2, -0.15) is 0 Å². The zero-order valence-electron chi connectivity index (χ0n) is 28.1. The van der Waals surface area contributed by atoms with Crippen LogP contribution in [0.5, 0.6) is 0 Å². The van der Waals surface area contributed by atoms with Crippen LogP contribution in [0.3, 0.4) is 0 Å². The Hall–Kier alpha value is -0.850. The first-order valence-corrected chi connectivity index (χ1v) is 16.1. The number of nitrogens with zero attached hydrogens (tertiary/aromatic N) is 1. The highest BCUT2D eigenvalue weighted by molar-refractivity contribution is 5.52. The summed E-state index contributed by atoms with van der Waals surface area (Å²) in [5.74, 6) is 0.269.